The van der Waals surface area contributed by atoms with Gasteiger partial charge in [0.25, 0.3) is 6.61 Å². The number of thioether (sulfide) groups is 1. The van der Waals surface area contributed by atoms with Gasteiger partial charge in [-0.1, -0.05) is 11.8 Å². The van der Waals surface area contributed by atoms with Crippen molar-refractivity contribution in [2.45, 2.75) is 13.8 Å². The third kappa shape index (κ3) is 5.08. The lowest BCUT2D eigenvalue weighted by Gasteiger charge is -2.19. The predicted octanol–water partition coefficient (Wildman–Crippen LogP) is 8.60. The van der Waals surface area contributed by atoms with E-state index < -0.39 is 0 Å². The highest BCUT2D eigenvalue weighted by molar-refractivity contribution is 8.12. The van der Waals surface area contributed by atoms with E-state index in [0.717, 1.165) is 81.9 Å². The minimum absolute atomic E-state index is 0.419. The van der Waals surface area contributed by atoms with Gasteiger partial charge in [0.1, 0.15) is 66.1 Å². The zero-order valence-electron chi connectivity index (χ0n) is 29.8. The van der Waals surface area contributed by atoms with E-state index in [0.29, 0.717) is 125 Å². The molecule has 289 valence electrons. The van der Waals surface area contributed by atoms with Crippen LogP contribution in [0.3, 0.4) is 0 Å². The summed E-state index contributed by atoms with van der Waals surface area (Å²) in [5.41, 5.74) is 0. The molecule has 0 spiro atoms. The van der Waals surface area contributed by atoms with E-state index in [1.54, 1.807) is 68.4 Å². The van der Waals surface area contributed by atoms with Crippen LogP contribution < -0.4 is 47.4 Å². The minimum atomic E-state index is 0.419. The highest BCUT2D eigenvalue weighted by Gasteiger charge is 2.51. The van der Waals surface area contributed by atoms with Gasteiger partial charge in [-0.15, -0.1) is 56.7 Å². The van der Waals surface area contributed by atoms with Crippen LogP contribution in [0.1, 0.15) is 19.5 Å². The summed E-state index contributed by atoms with van der Waals surface area (Å²) in [6.45, 7) is 9.62. The molecule has 18 heteroatoms. The van der Waals surface area contributed by atoms with Crippen molar-refractivity contribution >= 4 is 79.1 Å². The Morgan fingerprint density at radius 1 is 0.357 bits per heavy atom. The van der Waals surface area contributed by atoms with Gasteiger partial charge in [-0.3, -0.25) is 0 Å². The van der Waals surface area contributed by atoms with E-state index in [1.807, 2.05) is 0 Å². The summed E-state index contributed by atoms with van der Waals surface area (Å²) in [7, 11) is 0. The number of ketones is 1. The maximum Gasteiger partial charge on any atom is 0.386 e. The average Bonchev–Trinajstić information content (AvgIpc) is 4.10. The number of thiophene rings is 5. The largest absolute Gasteiger partial charge is 0.485 e. The van der Waals surface area contributed by atoms with Crippen LogP contribution in [-0.4, -0.2) is 85.1 Å². The lowest BCUT2D eigenvalue weighted by atomic mass is 10.1. The summed E-state index contributed by atoms with van der Waals surface area (Å²) >= 11 is 9.69. The second-order valence-corrected chi connectivity index (χ2v) is 19.7. The summed E-state index contributed by atoms with van der Waals surface area (Å²) < 4.78 is 75.7. The number of allylic oxidation sites excluding steroid dienone is 1. The molecular weight excluding hydrogens is 841 g/mol. The first kappa shape index (κ1) is 34.1. The topological polar surface area (TPSA) is 113 Å². The fourth-order valence-corrected chi connectivity index (χ4v) is 15.0. The molecule has 0 atom stereocenters. The molecule has 12 nitrogen and oxygen atoms in total. The summed E-state index contributed by atoms with van der Waals surface area (Å²) in [4.78, 5) is 10.4. The molecule has 0 saturated heterocycles. The highest BCUT2D eigenvalue weighted by Crippen LogP contribution is 2.67. The molecular formula is C38H30O12S6+. The molecule has 12 rings (SSSR count). The quantitative estimate of drug-likeness (QED) is 0.158. The van der Waals surface area contributed by atoms with Gasteiger partial charge in [0.15, 0.2) is 64.1 Å². The van der Waals surface area contributed by atoms with E-state index in [-0.39, 0.29) is 0 Å². The number of aryl methyl sites for hydroxylation is 2. The first-order chi connectivity index (χ1) is 27.6. The van der Waals surface area contributed by atoms with Crippen LogP contribution in [0.4, 0.5) is 0 Å². The molecule has 7 aliphatic rings. The Morgan fingerprint density at radius 3 is 1.16 bits per heavy atom. The van der Waals surface area contributed by atoms with E-state index in [4.69, 9.17) is 56.5 Å². The Balaban J connectivity index is 0.993. The second-order valence-electron chi connectivity index (χ2n) is 13.1. The van der Waals surface area contributed by atoms with Gasteiger partial charge in [-0.2, -0.15) is 0 Å². The van der Waals surface area contributed by atoms with Crippen molar-refractivity contribution in [1.29, 1.82) is 0 Å². The number of hydrogen-bond donors (Lipinski definition) is 0. The molecule has 7 aliphatic heterocycles. The number of fused-ring (bicyclic) bond motifs is 6. The lowest BCUT2D eigenvalue weighted by molar-refractivity contribution is -0.467. The smallest absolute Gasteiger partial charge is 0.386 e. The highest BCUT2D eigenvalue weighted by atomic mass is 32.2. The SMILES string of the molecule is Cc1sc([C]2SC(c3sc(-c4sc(-c5sc(-c6sc(C)c7c6OCCO7)c6c5OCCO6)c5c4OCCO5)c4c3OCCO4)=C3OCC[O+]=C23)c2c1OCCO2. The monoisotopic (exact) mass is 870 g/mol. The van der Waals surface area contributed by atoms with Gasteiger partial charge in [-0.05, 0) is 13.8 Å². The standard InChI is InChI=1S/C38H30O12S6/c1-15-17-19(41-5-3-39-17)29(51-15)31-21-23(45-9-7-43-21)33(53-31)35-25-27(49-13-11-47-25)37(55-35)38-28-26(48-12-14-50-28)36(56-38)34-24-22(44-8-10-46-24)32(54-34)30-20-18(16(2)52-30)40-4-6-42-20/h3-14H2,1-2H3/q+1. The van der Waals surface area contributed by atoms with Crippen LogP contribution in [0.25, 0.3) is 34.2 Å². The molecule has 0 amide bonds. The summed E-state index contributed by atoms with van der Waals surface area (Å²) in [6, 6.07) is 0. The summed E-state index contributed by atoms with van der Waals surface area (Å²) in [5, 5.41) is 0.946. The molecule has 0 aromatic carbocycles. The van der Waals surface area contributed by atoms with Crippen LogP contribution in [0, 0.1) is 19.1 Å². The molecule has 5 aromatic rings. The molecule has 0 saturated carbocycles. The lowest BCUT2D eigenvalue weighted by Crippen LogP contribution is -2.22. The Morgan fingerprint density at radius 2 is 0.696 bits per heavy atom. The van der Waals surface area contributed by atoms with E-state index in [9.17, 15) is 0 Å². The molecule has 12 heterocycles. The van der Waals surface area contributed by atoms with Gasteiger partial charge < -0.3 is 52.1 Å². The maximum absolute atomic E-state index is 6.47. The van der Waals surface area contributed by atoms with Crippen molar-refractivity contribution in [2.75, 3.05) is 79.3 Å². The van der Waals surface area contributed by atoms with Gasteiger partial charge in [0.05, 0.1) is 43.9 Å². The Bertz CT molecular complexity index is 2510. The number of carbonyl (C=O) groups excluding carboxylic acids is 1. The van der Waals surface area contributed by atoms with Crippen molar-refractivity contribution in [1.82, 2.24) is 0 Å². The first-order valence-corrected chi connectivity index (χ1v) is 23.0. The molecule has 0 aliphatic carbocycles. The van der Waals surface area contributed by atoms with E-state index in [2.05, 4.69) is 13.8 Å². The zero-order chi connectivity index (χ0) is 37.1. The number of rotatable bonds is 5. The van der Waals surface area contributed by atoms with Gasteiger partial charge in [0.2, 0.25) is 11.0 Å². The molecule has 0 unspecified atom stereocenters. The van der Waals surface area contributed by atoms with Crippen molar-refractivity contribution < 1.29 is 56.5 Å². The van der Waals surface area contributed by atoms with Crippen LogP contribution in [0.5, 0.6) is 57.5 Å². The fraction of sp³-hybridized carbons (Fsp3) is 0.368. The summed E-state index contributed by atoms with van der Waals surface area (Å²) in [5.74, 6) is 8.64. The Kier molecular flexibility index (Phi) is 8.11. The average molecular weight is 871 g/mol. The minimum Gasteiger partial charge on any atom is -0.485 e. The Labute approximate surface area is 344 Å². The third-order valence-corrected chi connectivity index (χ3v) is 17.3. The molecule has 0 bridgehead atoms. The van der Waals surface area contributed by atoms with Crippen molar-refractivity contribution in [3.05, 3.63) is 30.5 Å². The maximum atomic E-state index is 6.47. The van der Waals surface area contributed by atoms with E-state index in [1.165, 1.54) is 0 Å². The molecule has 1 radical (unpaired) electrons. The van der Waals surface area contributed by atoms with Gasteiger partial charge >= 0.3 is 5.78 Å². The Hall–Kier alpha value is -3.94. The normalized spacial score (nSPS) is 19.1. The number of ether oxygens (including phenoxy) is 11. The van der Waals surface area contributed by atoms with Crippen molar-refractivity contribution in [2.24, 2.45) is 0 Å². The molecule has 56 heavy (non-hydrogen) atoms. The number of hydrogen-bond acceptors (Lipinski definition) is 17. The fourth-order valence-electron chi connectivity index (χ4n) is 7.49. The molecule has 0 fully saturated rings. The van der Waals surface area contributed by atoms with Gasteiger partial charge in [-0.25, -0.2) is 4.42 Å². The van der Waals surface area contributed by atoms with Crippen LogP contribution in [0.2, 0.25) is 0 Å². The van der Waals surface area contributed by atoms with Crippen molar-refractivity contribution in [3.63, 3.8) is 0 Å². The summed E-state index contributed by atoms with van der Waals surface area (Å²) in [6.07, 6.45) is 0. The van der Waals surface area contributed by atoms with Crippen LogP contribution >= 0.6 is 68.4 Å². The zero-order valence-corrected chi connectivity index (χ0v) is 34.7. The van der Waals surface area contributed by atoms with Crippen LogP contribution in [0.15, 0.2) is 5.76 Å². The molecule has 5 aromatic heterocycles. The third-order valence-electron chi connectivity index (χ3n) is 9.75. The first-order valence-electron chi connectivity index (χ1n) is 18.1. The van der Waals surface area contributed by atoms with Crippen LogP contribution in [-0.2, 0) is 9.16 Å². The molecule has 0 N–H and O–H groups in total. The van der Waals surface area contributed by atoms with Gasteiger partial charge in [0, 0.05) is 9.75 Å². The second kappa shape index (κ2) is 13.3. The van der Waals surface area contributed by atoms with E-state index >= 15 is 0 Å². The predicted molar refractivity (Wildman–Crippen MR) is 216 cm³/mol. The van der Waals surface area contributed by atoms with Crippen molar-refractivity contribution in [3.8, 4) is 86.8 Å².